The van der Waals surface area contributed by atoms with E-state index in [-0.39, 0.29) is 22.7 Å². The fourth-order valence-corrected chi connectivity index (χ4v) is 5.63. The number of hydrogen-bond donors (Lipinski definition) is 2. The van der Waals surface area contributed by atoms with Gasteiger partial charge in [-0.2, -0.15) is 12.6 Å². The van der Waals surface area contributed by atoms with Gasteiger partial charge in [0, 0.05) is 25.4 Å². The molecular formula is C32H40N3O6S+. The van der Waals surface area contributed by atoms with Crippen LogP contribution in [-0.4, -0.2) is 80.7 Å². The van der Waals surface area contributed by atoms with E-state index in [0.29, 0.717) is 50.0 Å². The minimum atomic E-state index is -0.844. The number of carbonyl (C=O) groups is 2. The molecule has 10 heteroatoms. The van der Waals surface area contributed by atoms with Gasteiger partial charge in [0.2, 0.25) is 5.75 Å². The van der Waals surface area contributed by atoms with Crippen LogP contribution in [0, 0.1) is 0 Å². The predicted octanol–water partition coefficient (Wildman–Crippen LogP) is 4.30. The Bertz CT molecular complexity index is 1320. The first-order chi connectivity index (χ1) is 20.4. The summed E-state index contributed by atoms with van der Waals surface area (Å²) in [4.78, 5) is 29.5. The third-order valence-corrected chi connectivity index (χ3v) is 8.01. The second-order valence-electron chi connectivity index (χ2n) is 10.3. The highest BCUT2D eigenvalue weighted by Crippen LogP contribution is 2.41. The van der Waals surface area contributed by atoms with Gasteiger partial charge in [-0.15, -0.1) is 0 Å². The first kappa shape index (κ1) is 31.2. The van der Waals surface area contributed by atoms with Crippen molar-refractivity contribution in [1.82, 2.24) is 10.2 Å². The molecule has 0 bridgehead atoms. The van der Waals surface area contributed by atoms with Crippen LogP contribution in [0.5, 0.6) is 17.2 Å². The molecule has 3 aromatic carbocycles. The van der Waals surface area contributed by atoms with Gasteiger partial charge in [-0.3, -0.25) is 9.38 Å². The second-order valence-corrected chi connectivity index (χ2v) is 10.7. The number of thiol groups is 1. The molecule has 0 aliphatic carbocycles. The van der Waals surface area contributed by atoms with Crippen LogP contribution in [0.4, 0.5) is 4.79 Å². The highest BCUT2D eigenvalue weighted by atomic mass is 32.1. The topological polar surface area (TPSA) is 86.3 Å². The molecule has 2 amide bonds. The average Bonchev–Trinajstić information content (AvgIpc) is 3.04. The van der Waals surface area contributed by atoms with E-state index in [4.69, 9.17) is 18.9 Å². The van der Waals surface area contributed by atoms with Crippen LogP contribution in [0.3, 0.4) is 0 Å². The number of quaternary nitrogens is 1. The molecule has 0 unspecified atom stereocenters. The predicted molar refractivity (Wildman–Crippen MR) is 164 cm³/mol. The lowest BCUT2D eigenvalue weighted by atomic mass is 10.1. The van der Waals surface area contributed by atoms with Crippen LogP contribution < -0.4 is 19.5 Å². The molecule has 1 heterocycles. The van der Waals surface area contributed by atoms with E-state index in [1.165, 1.54) is 5.56 Å². The average molecular weight is 595 g/mol. The summed E-state index contributed by atoms with van der Waals surface area (Å²) in [6.45, 7) is 3.77. The van der Waals surface area contributed by atoms with Crippen molar-refractivity contribution in [2.45, 2.75) is 25.7 Å². The van der Waals surface area contributed by atoms with Crippen molar-refractivity contribution in [3.63, 3.8) is 0 Å². The van der Waals surface area contributed by atoms with E-state index < -0.39 is 12.1 Å². The zero-order chi connectivity index (χ0) is 30.0. The third-order valence-electron chi connectivity index (χ3n) is 7.65. The first-order valence-corrected chi connectivity index (χ1v) is 14.6. The quantitative estimate of drug-likeness (QED) is 0.239. The number of carbonyl (C=O) groups excluding carboxylic acids is 2. The smallest absolute Gasteiger partial charge is 0.408 e. The van der Waals surface area contributed by atoms with Crippen molar-refractivity contribution in [2.24, 2.45) is 0 Å². The maximum atomic E-state index is 14.3. The van der Waals surface area contributed by atoms with E-state index >= 15 is 0 Å². The third kappa shape index (κ3) is 7.56. The van der Waals surface area contributed by atoms with Crippen LogP contribution in [0.2, 0.25) is 0 Å². The van der Waals surface area contributed by atoms with Gasteiger partial charge in [0.25, 0.3) is 0 Å². The molecule has 9 nitrogen and oxygen atoms in total. The van der Waals surface area contributed by atoms with Crippen molar-refractivity contribution in [3.05, 3.63) is 89.5 Å². The Labute approximate surface area is 253 Å². The monoisotopic (exact) mass is 594 g/mol. The number of nitrogens with zero attached hydrogens (tertiary/aromatic N) is 2. The zero-order valence-electron chi connectivity index (χ0n) is 24.5. The van der Waals surface area contributed by atoms with E-state index in [1.807, 2.05) is 60.7 Å². The molecule has 3 aromatic rings. The number of nitrogens with one attached hydrogen (secondary N) is 1. The molecule has 0 radical (unpaired) electrons. The van der Waals surface area contributed by atoms with Gasteiger partial charge in [0.1, 0.15) is 13.2 Å². The van der Waals surface area contributed by atoms with Crippen molar-refractivity contribution in [1.29, 1.82) is 0 Å². The second kappa shape index (κ2) is 14.9. The van der Waals surface area contributed by atoms with Gasteiger partial charge in [-0.05, 0) is 23.3 Å². The number of ether oxygens (including phenoxy) is 4. The van der Waals surface area contributed by atoms with Gasteiger partial charge in [0.05, 0.1) is 40.0 Å². The number of benzene rings is 3. The molecule has 1 N–H and O–H groups in total. The molecular weight excluding hydrogens is 554 g/mol. The van der Waals surface area contributed by atoms with Crippen LogP contribution in [0.1, 0.15) is 16.7 Å². The molecule has 42 heavy (non-hydrogen) atoms. The summed E-state index contributed by atoms with van der Waals surface area (Å²) in [6, 6.07) is 22.6. The van der Waals surface area contributed by atoms with Crippen LogP contribution >= 0.6 is 12.6 Å². The minimum Gasteiger partial charge on any atom is -0.493 e. The van der Waals surface area contributed by atoms with Gasteiger partial charge in [0.15, 0.2) is 17.5 Å². The lowest BCUT2D eigenvalue weighted by molar-refractivity contribution is -0.873. The fourth-order valence-electron chi connectivity index (χ4n) is 5.38. The summed E-state index contributed by atoms with van der Waals surface area (Å²) in [7, 11) is 4.70. The summed E-state index contributed by atoms with van der Waals surface area (Å²) >= 11 is 4.46. The summed E-state index contributed by atoms with van der Waals surface area (Å²) in [5, 5.41) is 2.77. The Balaban J connectivity index is 1.57. The number of amides is 2. The van der Waals surface area contributed by atoms with Gasteiger partial charge < -0.3 is 24.3 Å². The Hall–Kier alpha value is -3.73. The molecule has 1 aliphatic rings. The SMILES string of the molecule is COc1ccc(C[N+]2(C(=O)[C@H](CS)NC(=O)OCc3ccccc3)CCN(Cc3ccccc3)CC2)c(OC)c1OC. The maximum Gasteiger partial charge on any atom is 0.408 e. The van der Waals surface area contributed by atoms with Crippen molar-refractivity contribution < 1.29 is 33.0 Å². The van der Waals surface area contributed by atoms with Crippen molar-refractivity contribution in [3.8, 4) is 17.2 Å². The summed E-state index contributed by atoms with van der Waals surface area (Å²) in [6.07, 6.45) is -0.657. The standard InChI is InChI=1S/C32H39N3O6S/c1-38-28-15-14-26(29(39-2)30(28)40-3)21-35(18-16-34(17-19-35)20-24-10-6-4-7-11-24)31(36)27(23-42)33-32(37)41-22-25-12-8-5-9-13-25/h4-15,27H,16-23H2,1-3H3,(H-,33,37,42)/p+1/t27-/m0/s1. The summed E-state index contributed by atoms with van der Waals surface area (Å²) < 4.78 is 22.4. The number of methoxy groups -OCH3 is 3. The highest BCUT2D eigenvalue weighted by Gasteiger charge is 2.45. The van der Waals surface area contributed by atoms with Crippen molar-refractivity contribution in [2.75, 3.05) is 53.3 Å². The molecule has 0 aromatic heterocycles. The molecule has 1 aliphatic heterocycles. The van der Waals surface area contributed by atoms with Crippen LogP contribution in [-0.2, 0) is 29.2 Å². The van der Waals surface area contributed by atoms with Gasteiger partial charge in [-0.25, -0.2) is 9.59 Å². The lowest BCUT2D eigenvalue weighted by Gasteiger charge is -2.44. The lowest BCUT2D eigenvalue weighted by Crippen LogP contribution is -2.66. The molecule has 4 rings (SSSR count). The Morgan fingerprint density at radius 2 is 1.48 bits per heavy atom. The van der Waals surface area contributed by atoms with Gasteiger partial charge in [-0.1, -0.05) is 60.7 Å². The molecule has 1 atom stereocenters. The van der Waals surface area contributed by atoms with E-state index in [9.17, 15) is 9.59 Å². The van der Waals surface area contributed by atoms with Gasteiger partial charge >= 0.3 is 12.0 Å². The van der Waals surface area contributed by atoms with Crippen LogP contribution in [0.15, 0.2) is 72.8 Å². The first-order valence-electron chi connectivity index (χ1n) is 14.0. The Kier molecular flexibility index (Phi) is 11.1. The largest absolute Gasteiger partial charge is 0.493 e. The fraction of sp³-hybridized carbons (Fsp3) is 0.375. The van der Waals surface area contributed by atoms with Crippen LogP contribution in [0.25, 0.3) is 0 Å². The Morgan fingerprint density at radius 3 is 2.05 bits per heavy atom. The molecule has 0 saturated carbocycles. The zero-order valence-corrected chi connectivity index (χ0v) is 25.3. The molecule has 1 saturated heterocycles. The number of piperazine rings is 1. The molecule has 0 spiro atoms. The molecule has 224 valence electrons. The number of alkyl carbamates (subject to hydrolysis) is 1. The minimum absolute atomic E-state index is 0.109. The van der Waals surface area contributed by atoms with Crippen molar-refractivity contribution >= 4 is 24.6 Å². The summed E-state index contributed by atoms with van der Waals surface area (Å²) in [5.74, 6) is 1.54. The number of rotatable bonds is 12. The maximum absolute atomic E-state index is 14.3. The Morgan fingerprint density at radius 1 is 0.857 bits per heavy atom. The normalized spacial score (nSPS) is 15.3. The molecule has 1 fully saturated rings. The highest BCUT2D eigenvalue weighted by molar-refractivity contribution is 7.80. The van der Waals surface area contributed by atoms with E-state index in [2.05, 4.69) is 35.0 Å². The van der Waals surface area contributed by atoms with E-state index in [1.54, 1.807) is 21.3 Å². The van der Waals surface area contributed by atoms with E-state index in [0.717, 1.165) is 17.7 Å². The summed E-state index contributed by atoms with van der Waals surface area (Å²) in [5.41, 5.74) is 2.89. The number of hydrogen-bond acceptors (Lipinski definition) is 8.